The van der Waals surface area contributed by atoms with Gasteiger partial charge in [-0.3, -0.25) is 0 Å². The van der Waals surface area contributed by atoms with E-state index >= 15 is 0 Å². The van der Waals surface area contributed by atoms with Gasteiger partial charge in [0.25, 0.3) is 5.69 Å². The Bertz CT molecular complexity index is 1030. The number of nitrogens with two attached hydrogens (primary N) is 1. The molecule has 1 heterocycles. The lowest BCUT2D eigenvalue weighted by Crippen LogP contribution is -2.39. The van der Waals surface area contributed by atoms with E-state index < -0.39 is 16.0 Å². The maximum Gasteiger partial charge on any atom is 0.253 e. The quantitative estimate of drug-likeness (QED) is 0.399. The number of methoxy groups -OCH3 is 1. The zero-order chi connectivity index (χ0) is 20.1. The van der Waals surface area contributed by atoms with Crippen molar-refractivity contribution in [1.29, 1.82) is 0 Å². The average molecular weight is 404 g/mol. The van der Waals surface area contributed by atoms with Crippen LogP contribution in [0.15, 0.2) is 57.9 Å². The average Bonchev–Trinajstić information content (AvgIpc) is 3.05. The predicted molar refractivity (Wildman–Crippen MR) is 97.3 cm³/mol. The molecule has 2 aromatic carbocycles. The van der Waals surface area contributed by atoms with Crippen LogP contribution in [0.3, 0.4) is 0 Å². The molecule has 148 valence electrons. The molecule has 0 spiro atoms. The van der Waals surface area contributed by atoms with E-state index in [-0.39, 0.29) is 11.4 Å². The Morgan fingerprint density at radius 1 is 1.18 bits per heavy atom. The first-order valence-electron chi connectivity index (χ1n) is 8.43. The lowest BCUT2D eigenvalue weighted by Gasteiger charge is -2.05. The third-order valence-electron chi connectivity index (χ3n) is 4.15. The smallest absolute Gasteiger partial charge is 0.253 e. The Balaban J connectivity index is 1.60. The van der Waals surface area contributed by atoms with Crippen LogP contribution in [0, 0.1) is 0 Å². The van der Waals surface area contributed by atoms with Crippen molar-refractivity contribution in [2.75, 3.05) is 13.7 Å². The molecule has 3 aromatic rings. The summed E-state index contributed by atoms with van der Waals surface area (Å²) < 4.78 is 33.9. The lowest BCUT2D eigenvalue weighted by molar-refractivity contribution is -0.677. The highest BCUT2D eigenvalue weighted by molar-refractivity contribution is 7.89. The molecule has 10 heteroatoms. The summed E-state index contributed by atoms with van der Waals surface area (Å²) in [6, 6.07) is 13.4. The summed E-state index contributed by atoms with van der Waals surface area (Å²) in [5.41, 5.74) is 1.99. The number of primary sulfonamides is 1. The number of nitrogens with zero attached hydrogens (tertiary/aromatic N) is 2. The van der Waals surface area contributed by atoms with Crippen LogP contribution in [-0.2, 0) is 23.0 Å². The predicted octanol–water partition coefficient (Wildman–Crippen LogP) is 0.0132. The first-order chi connectivity index (χ1) is 13.4. The number of hydrogen-bond acceptors (Lipinski definition) is 7. The van der Waals surface area contributed by atoms with Crippen LogP contribution in [-0.4, -0.2) is 27.3 Å². The fourth-order valence-corrected chi connectivity index (χ4v) is 3.14. The van der Waals surface area contributed by atoms with E-state index in [0.717, 1.165) is 5.56 Å². The van der Waals surface area contributed by atoms with Crippen LogP contribution in [0.1, 0.15) is 11.3 Å². The minimum absolute atomic E-state index is 0.0743. The maximum absolute atomic E-state index is 11.9. The SMILES string of the molecule is COc1ccc(-[n+]2noc([O-])c2CNCCc2ccc(S(N)(=O)=O)cc2)cc1. The summed E-state index contributed by atoms with van der Waals surface area (Å²) in [6.45, 7) is 0.839. The minimum Gasteiger partial charge on any atom is -0.539 e. The number of hydrogen-bond donors (Lipinski definition) is 2. The van der Waals surface area contributed by atoms with E-state index in [0.29, 0.717) is 30.1 Å². The molecule has 9 nitrogen and oxygen atoms in total. The van der Waals surface area contributed by atoms with Crippen molar-refractivity contribution >= 4 is 10.0 Å². The normalized spacial score (nSPS) is 11.5. The number of benzene rings is 2. The molecule has 0 aliphatic carbocycles. The van der Waals surface area contributed by atoms with Gasteiger partial charge in [-0.25, -0.2) is 13.6 Å². The summed E-state index contributed by atoms with van der Waals surface area (Å²) in [5, 5.41) is 24.0. The van der Waals surface area contributed by atoms with Gasteiger partial charge in [-0.05, 0) is 47.5 Å². The van der Waals surface area contributed by atoms with Gasteiger partial charge in [0.2, 0.25) is 15.7 Å². The van der Waals surface area contributed by atoms with E-state index in [2.05, 4.69) is 10.6 Å². The van der Waals surface area contributed by atoms with Gasteiger partial charge in [-0.2, -0.15) is 0 Å². The Hall–Kier alpha value is -2.95. The molecule has 0 atom stereocenters. The third kappa shape index (κ3) is 4.66. The van der Waals surface area contributed by atoms with Gasteiger partial charge in [0.1, 0.15) is 5.75 Å². The standard InChI is InChI=1S/C18H20N4O5S/c1-26-15-6-4-14(5-7-15)22-17(18(23)27-21-22)12-20-11-10-13-2-8-16(9-3-13)28(19,24)25/h2-9,20H,10-12H2,1H3,(H2-,19,21,23,24,25). The van der Waals surface area contributed by atoms with Crippen molar-refractivity contribution in [1.82, 2.24) is 10.6 Å². The molecule has 1 aromatic heterocycles. The van der Waals surface area contributed by atoms with Crippen LogP contribution >= 0.6 is 0 Å². The second-order valence-corrected chi connectivity index (χ2v) is 7.59. The lowest BCUT2D eigenvalue weighted by atomic mass is 10.1. The van der Waals surface area contributed by atoms with Crippen molar-refractivity contribution in [3.8, 4) is 17.4 Å². The minimum atomic E-state index is -3.69. The molecule has 0 aliphatic heterocycles. The van der Waals surface area contributed by atoms with Crippen LogP contribution in [0.2, 0.25) is 0 Å². The molecule has 0 unspecified atom stereocenters. The van der Waals surface area contributed by atoms with Gasteiger partial charge in [0.15, 0.2) is 5.95 Å². The molecule has 0 bridgehead atoms. The van der Waals surface area contributed by atoms with Crippen molar-refractivity contribution in [2.45, 2.75) is 17.9 Å². The van der Waals surface area contributed by atoms with E-state index in [1.165, 1.54) is 16.8 Å². The molecule has 0 amide bonds. The fraction of sp³-hybridized carbons (Fsp3) is 0.222. The van der Waals surface area contributed by atoms with E-state index in [1.54, 1.807) is 43.5 Å². The van der Waals surface area contributed by atoms with Gasteiger partial charge in [0, 0.05) is 12.1 Å². The zero-order valence-corrected chi connectivity index (χ0v) is 16.0. The van der Waals surface area contributed by atoms with Crippen LogP contribution in [0.5, 0.6) is 11.7 Å². The van der Waals surface area contributed by atoms with Gasteiger partial charge in [-0.15, -0.1) is 0 Å². The number of ether oxygens (including phenoxy) is 1. The molecule has 0 fully saturated rings. The van der Waals surface area contributed by atoms with Gasteiger partial charge in [0.05, 0.1) is 23.8 Å². The Morgan fingerprint density at radius 3 is 2.46 bits per heavy atom. The van der Waals surface area contributed by atoms with Crippen LogP contribution in [0.4, 0.5) is 0 Å². The fourth-order valence-electron chi connectivity index (χ4n) is 2.63. The van der Waals surface area contributed by atoms with Gasteiger partial charge < -0.3 is 19.7 Å². The second kappa shape index (κ2) is 8.38. The molecular weight excluding hydrogens is 384 g/mol. The number of nitrogens with one attached hydrogen (secondary N) is 1. The highest BCUT2D eigenvalue weighted by Crippen LogP contribution is 2.14. The number of aromatic nitrogens is 2. The monoisotopic (exact) mass is 404 g/mol. The second-order valence-electron chi connectivity index (χ2n) is 6.03. The number of rotatable bonds is 8. The van der Waals surface area contributed by atoms with E-state index in [4.69, 9.17) is 14.4 Å². The summed E-state index contributed by atoms with van der Waals surface area (Å²) in [6.07, 6.45) is 0.646. The Labute approximate surface area is 162 Å². The summed E-state index contributed by atoms with van der Waals surface area (Å²) in [5.74, 6) is 0.184. The molecule has 0 saturated heterocycles. The van der Waals surface area contributed by atoms with Crippen LogP contribution < -0.4 is 25.0 Å². The van der Waals surface area contributed by atoms with Gasteiger partial charge >= 0.3 is 0 Å². The largest absolute Gasteiger partial charge is 0.539 e. The summed E-state index contributed by atoms with van der Waals surface area (Å²) in [7, 11) is -2.12. The van der Waals surface area contributed by atoms with Crippen molar-refractivity contribution in [3.63, 3.8) is 0 Å². The molecule has 3 rings (SSSR count). The molecule has 28 heavy (non-hydrogen) atoms. The first-order valence-corrected chi connectivity index (χ1v) is 9.98. The van der Waals surface area contributed by atoms with E-state index in [9.17, 15) is 13.5 Å². The highest BCUT2D eigenvalue weighted by Gasteiger charge is 2.19. The highest BCUT2D eigenvalue weighted by atomic mass is 32.2. The molecule has 0 aliphatic rings. The van der Waals surface area contributed by atoms with Gasteiger partial charge in [-0.1, -0.05) is 12.1 Å². The summed E-state index contributed by atoms with van der Waals surface area (Å²) >= 11 is 0. The molecular formula is C18H20N4O5S. The topological polar surface area (TPSA) is 134 Å². The maximum atomic E-state index is 11.9. The number of sulfonamides is 1. The van der Waals surface area contributed by atoms with Crippen molar-refractivity contribution < 1.29 is 27.5 Å². The van der Waals surface area contributed by atoms with Crippen molar-refractivity contribution in [3.05, 3.63) is 59.8 Å². The van der Waals surface area contributed by atoms with Crippen LogP contribution in [0.25, 0.3) is 5.69 Å². The molecule has 0 saturated carbocycles. The first kappa shape index (κ1) is 19.8. The zero-order valence-electron chi connectivity index (χ0n) is 15.2. The molecule has 0 radical (unpaired) electrons. The Kier molecular flexibility index (Phi) is 5.93. The molecule has 3 N–H and O–H groups in total. The Morgan fingerprint density at radius 2 is 1.86 bits per heavy atom. The summed E-state index contributed by atoms with van der Waals surface area (Å²) in [4.78, 5) is 0.0743. The van der Waals surface area contributed by atoms with Crippen molar-refractivity contribution in [2.24, 2.45) is 5.14 Å². The third-order valence-corrected chi connectivity index (χ3v) is 5.08. The van der Waals surface area contributed by atoms with E-state index in [1.807, 2.05) is 0 Å².